The molecule has 1 aliphatic heterocycles. The number of benzene rings is 3. The summed E-state index contributed by atoms with van der Waals surface area (Å²) < 4.78 is 5.97. The summed E-state index contributed by atoms with van der Waals surface area (Å²) in [5, 5.41) is 5.13. The zero-order chi connectivity index (χ0) is 20.1. The first-order valence-corrected chi connectivity index (χ1v) is 10.4. The van der Waals surface area contributed by atoms with E-state index in [-0.39, 0.29) is 5.91 Å². The van der Waals surface area contributed by atoms with Crippen molar-refractivity contribution >= 4 is 16.7 Å². The second-order valence-corrected chi connectivity index (χ2v) is 7.76. The fraction of sp³-hybridized carbons (Fsp3) is 0.320. The van der Waals surface area contributed by atoms with E-state index in [2.05, 4.69) is 34.5 Å². The number of nitrogens with zero attached hydrogens (tertiary/aromatic N) is 1. The molecule has 0 bridgehead atoms. The van der Waals surface area contributed by atoms with Gasteiger partial charge in [-0.05, 0) is 55.4 Å². The zero-order valence-electron chi connectivity index (χ0n) is 16.9. The highest BCUT2D eigenvalue weighted by molar-refractivity contribution is 5.89. The van der Waals surface area contributed by atoms with Crippen LogP contribution < -0.4 is 10.1 Å². The third-order valence-corrected chi connectivity index (χ3v) is 5.49. The van der Waals surface area contributed by atoms with Crippen LogP contribution in [0.1, 0.15) is 30.9 Å². The van der Waals surface area contributed by atoms with Gasteiger partial charge >= 0.3 is 0 Å². The van der Waals surface area contributed by atoms with E-state index in [1.54, 1.807) is 6.92 Å². The fourth-order valence-corrected chi connectivity index (χ4v) is 3.91. The van der Waals surface area contributed by atoms with Gasteiger partial charge in [0.25, 0.3) is 5.91 Å². The van der Waals surface area contributed by atoms with Crippen LogP contribution in [0.5, 0.6) is 5.75 Å². The molecule has 0 spiro atoms. The molecule has 0 unspecified atom stereocenters. The van der Waals surface area contributed by atoms with Gasteiger partial charge in [-0.1, -0.05) is 60.7 Å². The Labute approximate surface area is 172 Å². The second kappa shape index (κ2) is 9.10. The van der Waals surface area contributed by atoms with Crippen LogP contribution in [0, 0.1) is 0 Å². The maximum atomic E-state index is 12.6. The molecule has 0 aromatic heterocycles. The summed E-state index contributed by atoms with van der Waals surface area (Å²) in [6.45, 7) is 5.66. The topological polar surface area (TPSA) is 41.6 Å². The van der Waals surface area contributed by atoms with Gasteiger partial charge in [0, 0.05) is 18.5 Å². The number of rotatable bonds is 7. The molecule has 4 rings (SSSR count). The van der Waals surface area contributed by atoms with Crippen LogP contribution in [-0.2, 0) is 17.9 Å². The average Bonchev–Trinajstić information content (AvgIpc) is 3.25. The van der Waals surface area contributed by atoms with Crippen molar-refractivity contribution in [3.05, 3.63) is 77.9 Å². The predicted molar refractivity (Wildman–Crippen MR) is 117 cm³/mol. The monoisotopic (exact) mass is 388 g/mol. The lowest BCUT2D eigenvalue weighted by molar-refractivity contribution is -0.127. The molecular weight excluding hydrogens is 360 g/mol. The van der Waals surface area contributed by atoms with Crippen molar-refractivity contribution in [2.75, 3.05) is 13.1 Å². The normalized spacial score (nSPS) is 15.3. The van der Waals surface area contributed by atoms with Crippen molar-refractivity contribution in [2.24, 2.45) is 0 Å². The number of fused-ring (bicyclic) bond motifs is 1. The minimum atomic E-state index is -0.561. The minimum absolute atomic E-state index is 0.108. The number of carbonyl (C=O) groups is 1. The van der Waals surface area contributed by atoms with Crippen molar-refractivity contribution in [1.29, 1.82) is 0 Å². The molecule has 0 saturated carbocycles. The van der Waals surface area contributed by atoms with Crippen LogP contribution >= 0.6 is 0 Å². The summed E-state index contributed by atoms with van der Waals surface area (Å²) in [7, 11) is 0. The first-order valence-electron chi connectivity index (χ1n) is 10.4. The Morgan fingerprint density at radius 1 is 1.00 bits per heavy atom. The molecule has 1 N–H and O–H groups in total. The molecule has 3 aromatic carbocycles. The van der Waals surface area contributed by atoms with E-state index in [1.807, 2.05) is 42.5 Å². The molecule has 1 saturated heterocycles. The van der Waals surface area contributed by atoms with Gasteiger partial charge in [-0.2, -0.15) is 0 Å². The Morgan fingerprint density at radius 2 is 1.72 bits per heavy atom. The van der Waals surface area contributed by atoms with Crippen LogP contribution in [0.2, 0.25) is 0 Å². The van der Waals surface area contributed by atoms with Crippen LogP contribution in [0.25, 0.3) is 10.8 Å². The lowest BCUT2D eigenvalue weighted by Crippen LogP contribution is -2.36. The van der Waals surface area contributed by atoms with E-state index >= 15 is 0 Å². The minimum Gasteiger partial charge on any atom is -0.480 e. The van der Waals surface area contributed by atoms with Gasteiger partial charge < -0.3 is 10.1 Å². The molecule has 0 aliphatic carbocycles. The van der Waals surface area contributed by atoms with E-state index in [0.717, 1.165) is 28.6 Å². The molecule has 1 atom stereocenters. The molecule has 4 heteroatoms. The van der Waals surface area contributed by atoms with Crippen molar-refractivity contribution in [3.8, 4) is 5.75 Å². The number of nitrogens with one attached hydrogen (secondary N) is 1. The molecule has 29 heavy (non-hydrogen) atoms. The Bertz CT molecular complexity index is 974. The number of likely N-dealkylation sites (tertiary alicyclic amines) is 1. The highest BCUT2D eigenvalue weighted by Crippen LogP contribution is 2.26. The van der Waals surface area contributed by atoms with Crippen LogP contribution in [0.4, 0.5) is 0 Å². The smallest absolute Gasteiger partial charge is 0.261 e. The average molecular weight is 389 g/mol. The van der Waals surface area contributed by atoms with Crippen LogP contribution in [0.15, 0.2) is 66.7 Å². The van der Waals surface area contributed by atoms with E-state index in [9.17, 15) is 4.79 Å². The van der Waals surface area contributed by atoms with Gasteiger partial charge in [0.15, 0.2) is 6.10 Å². The standard InChI is InChI=1S/C25H28N2O2/c1-19(29-24-13-7-11-22-10-2-3-12-23(22)24)25(28)26-17-20-8-6-9-21(16-20)18-27-14-4-5-15-27/h2-3,6-13,16,19H,4-5,14-15,17-18H2,1H3,(H,26,28)/t19-/m1/s1. The third kappa shape index (κ3) is 4.96. The fourth-order valence-electron chi connectivity index (χ4n) is 3.91. The maximum absolute atomic E-state index is 12.6. The highest BCUT2D eigenvalue weighted by atomic mass is 16.5. The largest absolute Gasteiger partial charge is 0.480 e. The van der Waals surface area contributed by atoms with Crippen molar-refractivity contribution in [2.45, 2.75) is 39.0 Å². The maximum Gasteiger partial charge on any atom is 0.261 e. The number of ether oxygens (including phenoxy) is 1. The van der Waals surface area contributed by atoms with E-state index < -0.39 is 6.10 Å². The van der Waals surface area contributed by atoms with Crippen LogP contribution in [-0.4, -0.2) is 30.0 Å². The summed E-state index contributed by atoms with van der Waals surface area (Å²) in [6.07, 6.45) is 2.03. The summed E-state index contributed by atoms with van der Waals surface area (Å²) in [6, 6.07) is 22.4. The Hall–Kier alpha value is -2.85. The molecule has 1 amide bonds. The highest BCUT2D eigenvalue weighted by Gasteiger charge is 2.16. The van der Waals surface area contributed by atoms with Crippen molar-refractivity contribution in [3.63, 3.8) is 0 Å². The van der Waals surface area contributed by atoms with E-state index in [1.165, 1.54) is 31.5 Å². The summed E-state index contributed by atoms with van der Waals surface area (Å²) >= 11 is 0. The Balaban J connectivity index is 1.34. The van der Waals surface area contributed by atoms with Crippen LogP contribution in [0.3, 0.4) is 0 Å². The summed E-state index contributed by atoms with van der Waals surface area (Å²) in [5.74, 6) is 0.626. The summed E-state index contributed by atoms with van der Waals surface area (Å²) in [5.41, 5.74) is 2.42. The van der Waals surface area contributed by atoms with Gasteiger partial charge in [-0.25, -0.2) is 0 Å². The molecular formula is C25H28N2O2. The molecule has 0 radical (unpaired) electrons. The Morgan fingerprint density at radius 3 is 2.59 bits per heavy atom. The zero-order valence-corrected chi connectivity index (χ0v) is 16.9. The first-order chi connectivity index (χ1) is 14.2. The van der Waals surface area contributed by atoms with Crippen molar-refractivity contribution < 1.29 is 9.53 Å². The second-order valence-electron chi connectivity index (χ2n) is 7.76. The van der Waals surface area contributed by atoms with Crippen molar-refractivity contribution in [1.82, 2.24) is 10.2 Å². The third-order valence-electron chi connectivity index (χ3n) is 5.49. The predicted octanol–water partition coefficient (Wildman–Crippen LogP) is 4.52. The van der Waals surface area contributed by atoms with Gasteiger partial charge in [-0.3, -0.25) is 9.69 Å². The first kappa shape index (κ1) is 19.5. The number of carbonyl (C=O) groups excluding carboxylic acids is 1. The molecule has 3 aromatic rings. The molecule has 4 nitrogen and oxygen atoms in total. The SMILES string of the molecule is C[C@@H](Oc1cccc2ccccc12)C(=O)NCc1cccc(CN2CCCC2)c1. The lowest BCUT2D eigenvalue weighted by Gasteiger charge is -2.17. The van der Waals surface area contributed by atoms with Gasteiger partial charge in [0.1, 0.15) is 5.75 Å². The quantitative estimate of drug-likeness (QED) is 0.647. The lowest BCUT2D eigenvalue weighted by atomic mass is 10.1. The number of hydrogen-bond donors (Lipinski definition) is 1. The summed E-state index contributed by atoms with van der Waals surface area (Å²) in [4.78, 5) is 15.1. The van der Waals surface area contributed by atoms with Gasteiger partial charge in [-0.15, -0.1) is 0 Å². The Kier molecular flexibility index (Phi) is 6.11. The van der Waals surface area contributed by atoms with E-state index in [4.69, 9.17) is 4.74 Å². The molecule has 1 aliphatic rings. The molecule has 1 heterocycles. The van der Waals surface area contributed by atoms with E-state index in [0.29, 0.717) is 6.54 Å². The molecule has 1 fully saturated rings. The molecule has 150 valence electrons. The number of amides is 1. The van der Waals surface area contributed by atoms with Gasteiger partial charge in [0.05, 0.1) is 0 Å². The van der Waals surface area contributed by atoms with Gasteiger partial charge in [0.2, 0.25) is 0 Å². The number of hydrogen-bond acceptors (Lipinski definition) is 3.